The summed E-state index contributed by atoms with van der Waals surface area (Å²) in [6, 6.07) is 0. The van der Waals surface area contributed by atoms with Crippen molar-refractivity contribution in [3.63, 3.8) is 0 Å². The van der Waals surface area contributed by atoms with Gasteiger partial charge in [-0.3, -0.25) is 0 Å². The predicted octanol–water partition coefficient (Wildman–Crippen LogP) is 1.10. The minimum Gasteiger partial charge on any atom is -0.459 e. The predicted molar refractivity (Wildman–Crippen MR) is 49.9 cm³/mol. The van der Waals surface area contributed by atoms with E-state index < -0.39 is 12.1 Å². The highest BCUT2D eigenvalue weighted by atomic mass is 16.5. The van der Waals surface area contributed by atoms with Crippen molar-refractivity contribution in [1.29, 1.82) is 0 Å². The quantitative estimate of drug-likeness (QED) is 0.308. The summed E-state index contributed by atoms with van der Waals surface area (Å²) in [5.74, 6) is 4.02. The van der Waals surface area contributed by atoms with E-state index in [1.807, 2.05) is 0 Å². The van der Waals surface area contributed by atoms with Gasteiger partial charge in [0.2, 0.25) is 0 Å². The van der Waals surface area contributed by atoms with Gasteiger partial charge in [-0.15, -0.1) is 0 Å². The van der Waals surface area contributed by atoms with Crippen LogP contribution in [0.5, 0.6) is 0 Å². The highest BCUT2D eigenvalue weighted by Gasteiger charge is 1.98. The smallest absolute Gasteiger partial charge is 0.384 e. The van der Waals surface area contributed by atoms with Gasteiger partial charge in [0.25, 0.3) is 0 Å². The standard InChI is InChI=1S/C10H16O3/c1-3-4-5-6-9(11)7-8-10(12)13-2/h9,11H,3-6H2,1-2H3/t9-/m1/s1. The lowest BCUT2D eigenvalue weighted by Gasteiger charge is -2.00. The van der Waals surface area contributed by atoms with Gasteiger partial charge in [-0.1, -0.05) is 25.7 Å². The summed E-state index contributed by atoms with van der Waals surface area (Å²) < 4.78 is 4.30. The van der Waals surface area contributed by atoms with Crippen molar-refractivity contribution in [2.75, 3.05) is 7.11 Å². The number of esters is 1. The molecule has 0 aromatic rings. The maximum atomic E-state index is 10.5. The first-order valence-corrected chi connectivity index (χ1v) is 4.48. The summed E-state index contributed by atoms with van der Waals surface area (Å²) in [4.78, 5) is 10.5. The van der Waals surface area contributed by atoms with Crippen molar-refractivity contribution in [3.05, 3.63) is 0 Å². The number of carbonyl (C=O) groups excluding carboxylic acids is 1. The molecule has 0 aliphatic rings. The molecule has 3 nitrogen and oxygen atoms in total. The van der Waals surface area contributed by atoms with Crippen molar-refractivity contribution >= 4 is 5.97 Å². The van der Waals surface area contributed by atoms with Crippen LogP contribution in [-0.2, 0) is 9.53 Å². The van der Waals surface area contributed by atoms with Gasteiger partial charge in [-0.25, -0.2) is 4.79 Å². The van der Waals surface area contributed by atoms with E-state index in [4.69, 9.17) is 0 Å². The molecule has 74 valence electrons. The molecule has 0 heterocycles. The molecule has 0 fully saturated rings. The molecule has 0 saturated carbocycles. The van der Waals surface area contributed by atoms with Crippen LogP contribution in [0.15, 0.2) is 0 Å². The maximum Gasteiger partial charge on any atom is 0.384 e. The fourth-order valence-corrected chi connectivity index (χ4v) is 0.853. The lowest BCUT2D eigenvalue weighted by Crippen LogP contribution is -2.04. The van der Waals surface area contributed by atoms with Crippen molar-refractivity contribution in [2.24, 2.45) is 0 Å². The molecule has 0 radical (unpaired) electrons. The van der Waals surface area contributed by atoms with Crippen LogP contribution in [0.1, 0.15) is 32.6 Å². The summed E-state index contributed by atoms with van der Waals surface area (Å²) in [5.41, 5.74) is 0. The van der Waals surface area contributed by atoms with E-state index in [2.05, 4.69) is 23.5 Å². The molecular formula is C10H16O3. The Kier molecular flexibility index (Phi) is 7.04. The van der Waals surface area contributed by atoms with Gasteiger partial charge in [0, 0.05) is 5.92 Å². The number of hydrogen-bond donors (Lipinski definition) is 1. The molecule has 13 heavy (non-hydrogen) atoms. The molecule has 0 bridgehead atoms. The second-order valence-corrected chi connectivity index (χ2v) is 2.77. The summed E-state index contributed by atoms with van der Waals surface area (Å²) >= 11 is 0. The Labute approximate surface area is 79.1 Å². The number of hydrogen-bond acceptors (Lipinski definition) is 3. The summed E-state index contributed by atoms with van der Waals surface area (Å²) in [5, 5.41) is 9.24. The van der Waals surface area contributed by atoms with Crippen LogP contribution in [0.2, 0.25) is 0 Å². The third-order valence-corrected chi connectivity index (χ3v) is 1.61. The number of ether oxygens (including phenoxy) is 1. The molecule has 0 saturated heterocycles. The van der Waals surface area contributed by atoms with Crippen LogP contribution in [-0.4, -0.2) is 24.3 Å². The van der Waals surface area contributed by atoms with Crippen LogP contribution in [0.25, 0.3) is 0 Å². The Balaban J connectivity index is 3.63. The average Bonchev–Trinajstić information content (AvgIpc) is 2.14. The minimum atomic E-state index is -0.703. The van der Waals surface area contributed by atoms with E-state index in [9.17, 15) is 9.90 Å². The number of unbranched alkanes of at least 4 members (excludes halogenated alkanes) is 2. The number of carbonyl (C=O) groups is 1. The largest absolute Gasteiger partial charge is 0.459 e. The molecule has 1 atom stereocenters. The Bertz CT molecular complexity index is 200. The van der Waals surface area contributed by atoms with E-state index in [0.29, 0.717) is 6.42 Å². The second-order valence-electron chi connectivity index (χ2n) is 2.77. The SMILES string of the molecule is CCCCC[C@@H](O)C#CC(=O)OC. The fourth-order valence-electron chi connectivity index (χ4n) is 0.853. The van der Waals surface area contributed by atoms with Crippen LogP contribution < -0.4 is 0 Å². The van der Waals surface area contributed by atoms with Gasteiger partial charge >= 0.3 is 5.97 Å². The zero-order valence-electron chi connectivity index (χ0n) is 8.17. The van der Waals surface area contributed by atoms with Crippen molar-refractivity contribution < 1.29 is 14.6 Å². The van der Waals surface area contributed by atoms with Gasteiger partial charge in [-0.2, -0.15) is 0 Å². The number of methoxy groups -OCH3 is 1. The van der Waals surface area contributed by atoms with Gasteiger partial charge in [-0.05, 0) is 12.8 Å². The molecule has 0 aromatic heterocycles. The van der Waals surface area contributed by atoms with Crippen LogP contribution in [0.3, 0.4) is 0 Å². The molecule has 1 N–H and O–H groups in total. The first-order valence-electron chi connectivity index (χ1n) is 4.48. The van der Waals surface area contributed by atoms with Gasteiger partial charge < -0.3 is 9.84 Å². The Hall–Kier alpha value is -1.01. The van der Waals surface area contributed by atoms with E-state index in [1.54, 1.807) is 0 Å². The zero-order chi connectivity index (χ0) is 10.1. The van der Waals surface area contributed by atoms with E-state index >= 15 is 0 Å². The Morgan fingerprint density at radius 2 is 2.23 bits per heavy atom. The number of rotatable bonds is 4. The molecule has 0 spiro atoms. The molecular weight excluding hydrogens is 168 g/mol. The molecule has 0 rings (SSSR count). The third kappa shape index (κ3) is 7.35. The summed E-state index contributed by atoms with van der Waals surface area (Å²) in [7, 11) is 1.26. The first-order chi connectivity index (χ1) is 6.20. The lowest BCUT2D eigenvalue weighted by molar-refractivity contribution is -0.133. The van der Waals surface area contributed by atoms with Gasteiger partial charge in [0.1, 0.15) is 6.10 Å². The monoisotopic (exact) mass is 184 g/mol. The second kappa shape index (κ2) is 7.63. The Morgan fingerprint density at radius 3 is 2.77 bits per heavy atom. The van der Waals surface area contributed by atoms with Gasteiger partial charge in [0.05, 0.1) is 7.11 Å². The molecule has 0 amide bonds. The molecule has 3 heteroatoms. The Morgan fingerprint density at radius 1 is 1.54 bits per heavy atom. The lowest BCUT2D eigenvalue weighted by atomic mass is 10.1. The topological polar surface area (TPSA) is 46.5 Å². The zero-order valence-corrected chi connectivity index (χ0v) is 8.17. The normalized spacial score (nSPS) is 11.3. The minimum absolute atomic E-state index is 0.602. The highest BCUT2D eigenvalue weighted by molar-refractivity contribution is 5.88. The van der Waals surface area contributed by atoms with Crippen molar-refractivity contribution in [1.82, 2.24) is 0 Å². The molecule has 0 aliphatic carbocycles. The van der Waals surface area contributed by atoms with Crippen molar-refractivity contribution in [3.8, 4) is 11.8 Å². The fraction of sp³-hybridized carbons (Fsp3) is 0.700. The van der Waals surface area contributed by atoms with Crippen molar-refractivity contribution in [2.45, 2.75) is 38.7 Å². The maximum absolute atomic E-state index is 10.5. The average molecular weight is 184 g/mol. The van der Waals surface area contributed by atoms with Crippen LogP contribution in [0.4, 0.5) is 0 Å². The first kappa shape index (κ1) is 12.0. The van der Waals surface area contributed by atoms with E-state index in [1.165, 1.54) is 7.11 Å². The molecule has 0 aliphatic heterocycles. The van der Waals surface area contributed by atoms with Crippen LogP contribution in [0, 0.1) is 11.8 Å². The summed E-state index contributed by atoms with van der Waals surface area (Å²) in [6.07, 6.45) is 3.05. The highest BCUT2D eigenvalue weighted by Crippen LogP contribution is 2.01. The molecule has 0 aromatic carbocycles. The van der Waals surface area contributed by atoms with Gasteiger partial charge in [0.15, 0.2) is 0 Å². The number of aliphatic hydroxyl groups is 1. The third-order valence-electron chi connectivity index (χ3n) is 1.61. The van der Waals surface area contributed by atoms with E-state index in [-0.39, 0.29) is 0 Å². The number of aliphatic hydroxyl groups excluding tert-OH is 1. The summed E-state index contributed by atoms with van der Waals surface area (Å²) in [6.45, 7) is 2.09. The molecule has 0 unspecified atom stereocenters. The van der Waals surface area contributed by atoms with Crippen LogP contribution >= 0.6 is 0 Å². The van der Waals surface area contributed by atoms with E-state index in [0.717, 1.165) is 19.3 Å².